The number of carboxylic acid groups (broad SMARTS) is 1. The Labute approximate surface area is 207 Å². The van der Waals surface area contributed by atoms with Gasteiger partial charge >= 0.3 is 5.97 Å². The second-order valence-electron chi connectivity index (χ2n) is 8.05. The fraction of sp³-hybridized carbons (Fsp3) is 0.231. The van der Waals surface area contributed by atoms with Crippen LogP contribution in [0.4, 0.5) is 0 Å². The molecule has 2 aliphatic heterocycles. The van der Waals surface area contributed by atoms with E-state index in [1.165, 1.54) is 14.2 Å². The van der Waals surface area contributed by atoms with E-state index in [-0.39, 0.29) is 17.4 Å². The Balaban J connectivity index is 1.72. The lowest BCUT2D eigenvalue weighted by atomic mass is 9.94. The number of rotatable bonds is 6. The van der Waals surface area contributed by atoms with Gasteiger partial charge in [-0.1, -0.05) is 41.9 Å². The predicted molar refractivity (Wildman–Crippen MR) is 130 cm³/mol. The number of nitrogens with zero attached hydrogens (tertiary/aromatic N) is 2. The molecule has 1 N–H and O–H groups in total. The number of halogens is 1. The molecule has 0 bridgehead atoms. The fourth-order valence-corrected chi connectivity index (χ4v) is 4.92. The van der Waals surface area contributed by atoms with Crippen LogP contribution in [0.3, 0.4) is 0 Å². The summed E-state index contributed by atoms with van der Waals surface area (Å²) in [5.41, 5.74) is 2.81. The van der Waals surface area contributed by atoms with Crippen LogP contribution in [-0.4, -0.2) is 43.1 Å². The van der Waals surface area contributed by atoms with Gasteiger partial charge in [0.25, 0.3) is 0 Å². The molecular formula is C26H23ClN2O6. The highest BCUT2D eigenvalue weighted by molar-refractivity contribution is 6.34. The summed E-state index contributed by atoms with van der Waals surface area (Å²) in [6.07, 6.45) is -0.311. The summed E-state index contributed by atoms with van der Waals surface area (Å²) < 4.78 is 22.8. The Morgan fingerprint density at radius 1 is 1.00 bits per heavy atom. The van der Waals surface area contributed by atoms with E-state index in [1.807, 2.05) is 42.5 Å². The molecule has 0 saturated heterocycles. The Morgan fingerprint density at radius 3 is 2.46 bits per heavy atom. The Kier molecular flexibility index (Phi) is 5.90. The number of para-hydroxylation sites is 1. The lowest BCUT2D eigenvalue weighted by Gasteiger charge is -2.39. The smallest absolute Gasteiger partial charge is 0.340 e. The summed E-state index contributed by atoms with van der Waals surface area (Å²) in [7, 11) is 4.43. The summed E-state index contributed by atoms with van der Waals surface area (Å²) >= 11 is 6.48. The number of benzene rings is 3. The van der Waals surface area contributed by atoms with Gasteiger partial charge in [0.2, 0.25) is 6.23 Å². The van der Waals surface area contributed by atoms with Crippen molar-refractivity contribution in [3.63, 3.8) is 0 Å². The minimum absolute atomic E-state index is 0.0599. The molecule has 35 heavy (non-hydrogen) atoms. The highest BCUT2D eigenvalue weighted by atomic mass is 35.5. The maximum atomic E-state index is 12.4. The quantitative estimate of drug-likeness (QED) is 0.497. The van der Waals surface area contributed by atoms with Gasteiger partial charge in [0, 0.05) is 28.1 Å². The number of hydrogen-bond donors (Lipinski definition) is 1. The molecule has 3 aromatic rings. The van der Waals surface area contributed by atoms with E-state index >= 15 is 0 Å². The number of methoxy groups -OCH3 is 3. The number of hydrazone groups is 1. The molecule has 2 atom stereocenters. The summed E-state index contributed by atoms with van der Waals surface area (Å²) in [5, 5.41) is 17.4. The van der Waals surface area contributed by atoms with E-state index in [0.717, 1.165) is 16.8 Å². The van der Waals surface area contributed by atoms with Crippen LogP contribution in [0.2, 0.25) is 5.02 Å². The van der Waals surface area contributed by atoms with E-state index in [9.17, 15) is 9.90 Å². The van der Waals surface area contributed by atoms with Crippen LogP contribution in [0.1, 0.15) is 45.7 Å². The zero-order valence-corrected chi connectivity index (χ0v) is 20.1. The van der Waals surface area contributed by atoms with Crippen LogP contribution in [-0.2, 0) is 0 Å². The summed E-state index contributed by atoms with van der Waals surface area (Å²) in [4.78, 5) is 12.4. The minimum Gasteiger partial charge on any atom is -0.493 e. The second-order valence-corrected chi connectivity index (χ2v) is 8.45. The summed E-state index contributed by atoms with van der Waals surface area (Å²) in [6, 6.07) is 16.3. The SMILES string of the molecule is COc1cccc2c1O[C@@H](c1ccc(OC)c(OC)c1C(=O)O)N1N=C(c3ccccc3Cl)C[C@@H]21. The van der Waals surface area contributed by atoms with Crippen molar-refractivity contribution < 1.29 is 28.8 Å². The molecule has 2 heterocycles. The van der Waals surface area contributed by atoms with Gasteiger partial charge in [-0.3, -0.25) is 0 Å². The van der Waals surface area contributed by atoms with Crippen LogP contribution >= 0.6 is 11.6 Å². The number of ether oxygens (including phenoxy) is 4. The van der Waals surface area contributed by atoms with Crippen molar-refractivity contribution in [2.24, 2.45) is 5.10 Å². The van der Waals surface area contributed by atoms with Gasteiger partial charge in [-0.25, -0.2) is 9.80 Å². The molecule has 180 valence electrons. The standard InChI is InChI=1S/C26H23ClN2O6/c1-32-20-10-6-8-15-19-13-18(14-7-4-5-9-17(14)27)28-29(19)25(35-23(15)20)16-11-12-21(33-2)24(34-3)22(16)26(30)31/h4-12,19,25H,13H2,1-3H3,(H,30,31)/t19-,25-/m0/s1. The predicted octanol–water partition coefficient (Wildman–Crippen LogP) is 5.31. The molecule has 0 aliphatic carbocycles. The second kappa shape index (κ2) is 9.03. The molecule has 3 aromatic carbocycles. The third-order valence-corrected chi connectivity index (χ3v) is 6.57. The Morgan fingerprint density at radius 2 is 1.77 bits per heavy atom. The Hall–Kier alpha value is -3.91. The summed E-state index contributed by atoms with van der Waals surface area (Å²) in [5.74, 6) is 0.341. The van der Waals surface area contributed by atoms with Gasteiger partial charge in [-0.15, -0.1) is 0 Å². The molecule has 5 rings (SSSR count). The first-order chi connectivity index (χ1) is 17.0. The van der Waals surface area contributed by atoms with Crippen molar-refractivity contribution >= 4 is 23.3 Å². The summed E-state index contributed by atoms with van der Waals surface area (Å²) in [6.45, 7) is 0. The molecule has 0 radical (unpaired) electrons. The van der Waals surface area contributed by atoms with E-state index in [0.29, 0.717) is 34.3 Å². The third-order valence-electron chi connectivity index (χ3n) is 6.24. The average molecular weight is 495 g/mol. The maximum absolute atomic E-state index is 12.4. The first-order valence-electron chi connectivity index (χ1n) is 10.9. The number of carboxylic acids is 1. The molecular weight excluding hydrogens is 472 g/mol. The highest BCUT2D eigenvalue weighted by Gasteiger charge is 2.44. The highest BCUT2D eigenvalue weighted by Crippen LogP contribution is 2.52. The van der Waals surface area contributed by atoms with Gasteiger partial charge < -0.3 is 24.1 Å². The number of hydrogen-bond acceptors (Lipinski definition) is 7. The van der Waals surface area contributed by atoms with E-state index in [1.54, 1.807) is 24.3 Å². The van der Waals surface area contributed by atoms with Crippen LogP contribution in [0.25, 0.3) is 0 Å². The van der Waals surface area contributed by atoms with E-state index in [4.69, 9.17) is 35.6 Å². The van der Waals surface area contributed by atoms with Crippen molar-refractivity contribution in [2.75, 3.05) is 21.3 Å². The number of fused-ring (bicyclic) bond motifs is 3. The molecule has 0 saturated carbocycles. The van der Waals surface area contributed by atoms with Gasteiger partial charge in [0.05, 0.1) is 33.1 Å². The molecule has 0 aromatic heterocycles. The zero-order chi connectivity index (χ0) is 24.7. The molecule has 0 spiro atoms. The maximum Gasteiger partial charge on any atom is 0.340 e. The first-order valence-corrected chi connectivity index (χ1v) is 11.3. The van der Waals surface area contributed by atoms with Gasteiger partial charge in [-0.2, -0.15) is 5.10 Å². The Bertz CT molecular complexity index is 1340. The molecule has 8 nitrogen and oxygen atoms in total. The zero-order valence-electron chi connectivity index (χ0n) is 19.3. The van der Waals surface area contributed by atoms with E-state index in [2.05, 4.69) is 0 Å². The molecule has 0 amide bonds. The van der Waals surface area contributed by atoms with Crippen molar-refractivity contribution in [2.45, 2.75) is 18.7 Å². The monoisotopic (exact) mass is 494 g/mol. The molecule has 2 aliphatic rings. The molecule has 9 heteroatoms. The molecule has 0 unspecified atom stereocenters. The molecule has 0 fully saturated rings. The van der Waals surface area contributed by atoms with Crippen LogP contribution in [0.15, 0.2) is 59.7 Å². The average Bonchev–Trinajstić information content (AvgIpc) is 3.32. The van der Waals surface area contributed by atoms with E-state index < -0.39 is 12.2 Å². The van der Waals surface area contributed by atoms with Crippen molar-refractivity contribution in [3.05, 3.63) is 81.9 Å². The lowest BCUT2D eigenvalue weighted by Crippen LogP contribution is -2.35. The van der Waals surface area contributed by atoms with Crippen LogP contribution in [0, 0.1) is 0 Å². The normalized spacial score (nSPS) is 18.2. The number of aromatic carboxylic acids is 1. The minimum atomic E-state index is -1.17. The van der Waals surface area contributed by atoms with Crippen molar-refractivity contribution in [1.29, 1.82) is 0 Å². The first kappa shape index (κ1) is 22.9. The largest absolute Gasteiger partial charge is 0.493 e. The number of carbonyl (C=O) groups is 1. The topological polar surface area (TPSA) is 89.8 Å². The van der Waals surface area contributed by atoms with Gasteiger partial charge in [0.15, 0.2) is 23.0 Å². The lowest BCUT2D eigenvalue weighted by molar-refractivity contribution is -0.0217. The van der Waals surface area contributed by atoms with Crippen LogP contribution < -0.4 is 18.9 Å². The van der Waals surface area contributed by atoms with Crippen LogP contribution in [0.5, 0.6) is 23.0 Å². The van der Waals surface area contributed by atoms with Gasteiger partial charge in [0.1, 0.15) is 5.56 Å². The van der Waals surface area contributed by atoms with Gasteiger partial charge in [-0.05, 0) is 24.3 Å². The van der Waals surface area contributed by atoms with Crippen molar-refractivity contribution in [1.82, 2.24) is 5.01 Å². The van der Waals surface area contributed by atoms with Crippen molar-refractivity contribution in [3.8, 4) is 23.0 Å². The fourth-order valence-electron chi connectivity index (χ4n) is 4.68. The third kappa shape index (κ3) is 3.70.